The highest BCUT2D eigenvalue weighted by Gasteiger charge is 2.35. The largest absolute Gasteiger partial charge is 0.408 e. The van der Waals surface area contributed by atoms with Crippen molar-refractivity contribution < 1.29 is 14.3 Å². The van der Waals surface area contributed by atoms with Gasteiger partial charge in [-0.2, -0.15) is 0 Å². The average Bonchev–Trinajstić information content (AvgIpc) is 3.25. The van der Waals surface area contributed by atoms with Crippen molar-refractivity contribution >= 4 is 11.9 Å². The zero-order chi connectivity index (χ0) is 17.4. The number of nitrogens with zero attached hydrogens (tertiary/aromatic N) is 6. The lowest BCUT2D eigenvalue weighted by Crippen LogP contribution is -2.55. The molecule has 1 saturated heterocycles. The minimum atomic E-state index is -0.702. The van der Waals surface area contributed by atoms with Crippen LogP contribution in [0.15, 0.2) is 10.7 Å². The molecular weight excluding hydrogens is 326 g/mol. The standard InChI is InChI=1S/C15H21N7O3/c1-9-18-20-15(25-9)21-6-4-11(12(23)7-21)17-14(24)10-3-2-5-22-8-16-19-13(10)22/h8,10-12,23H,2-7H2,1H3,(H,17,24). The lowest BCUT2D eigenvalue weighted by molar-refractivity contribution is -0.125. The van der Waals surface area contributed by atoms with Crippen molar-refractivity contribution in [1.29, 1.82) is 0 Å². The predicted molar refractivity (Wildman–Crippen MR) is 85.8 cm³/mol. The van der Waals surface area contributed by atoms with Gasteiger partial charge in [-0.3, -0.25) is 4.79 Å². The van der Waals surface area contributed by atoms with Crippen molar-refractivity contribution in [2.45, 2.75) is 50.8 Å². The smallest absolute Gasteiger partial charge is 0.318 e. The van der Waals surface area contributed by atoms with Gasteiger partial charge in [0.15, 0.2) is 0 Å². The number of nitrogens with one attached hydrogen (secondary N) is 1. The molecule has 134 valence electrons. The van der Waals surface area contributed by atoms with Crippen molar-refractivity contribution in [3.05, 3.63) is 18.0 Å². The molecule has 4 heterocycles. The molecule has 2 aromatic heterocycles. The van der Waals surface area contributed by atoms with E-state index in [1.165, 1.54) is 0 Å². The van der Waals surface area contributed by atoms with E-state index in [4.69, 9.17) is 4.42 Å². The molecule has 25 heavy (non-hydrogen) atoms. The lowest BCUT2D eigenvalue weighted by Gasteiger charge is -2.36. The fourth-order valence-corrected chi connectivity index (χ4v) is 3.52. The Balaban J connectivity index is 1.38. The maximum absolute atomic E-state index is 12.7. The molecule has 0 spiro atoms. The van der Waals surface area contributed by atoms with Gasteiger partial charge in [-0.1, -0.05) is 5.10 Å². The van der Waals surface area contributed by atoms with Gasteiger partial charge in [0.25, 0.3) is 0 Å². The van der Waals surface area contributed by atoms with Gasteiger partial charge in [-0.05, 0) is 19.3 Å². The molecule has 2 aliphatic rings. The molecule has 2 N–H and O–H groups in total. The van der Waals surface area contributed by atoms with Crippen LogP contribution in [0.4, 0.5) is 6.01 Å². The molecule has 0 bridgehead atoms. The molecule has 2 aromatic rings. The summed E-state index contributed by atoms with van der Waals surface area (Å²) in [6, 6.07) is 0.104. The first-order valence-corrected chi connectivity index (χ1v) is 8.53. The summed E-state index contributed by atoms with van der Waals surface area (Å²) in [6.45, 7) is 3.54. The Bertz CT molecular complexity index is 758. The SMILES string of the molecule is Cc1nnc(N2CCC(NC(=O)C3CCCn4cnnc43)C(O)C2)o1. The number of anilines is 1. The second kappa shape index (κ2) is 6.43. The second-order valence-electron chi connectivity index (χ2n) is 6.60. The fourth-order valence-electron chi connectivity index (χ4n) is 3.52. The van der Waals surface area contributed by atoms with Gasteiger partial charge in [0.1, 0.15) is 12.2 Å². The second-order valence-corrected chi connectivity index (χ2v) is 6.60. The number of carbonyl (C=O) groups is 1. The molecular formula is C15H21N7O3. The molecule has 3 unspecified atom stereocenters. The van der Waals surface area contributed by atoms with Gasteiger partial charge in [-0.15, -0.1) is 15.3 Å². The average molecular weight is 347 g/mol. The maximum atomic E-state index is 12.7. The van der Waals surface area contributed by atoms with Crippen molar-refractivity contribution in [2.75, 3.05) is 18.0 Å². The third-order valence-corrected chi connectivity index (χ3v) is 4.86. The van der Waals surface area contributed by atoms with E-state index in [-0.39, 0.29) is 17.9 Å². The lowest BCUT2D eigenvalue weighted by atomic mass is 9.96. The summed E-state index contributed by atoms with van der Waals surface area (Å²) < 4.78 is 7.32. The molecule has 0 radical (unpaired) electrons. The van der Waals surface area contributed by atoms with Crippen LogP contribution in [-0.2, 0) is 11.3 Å². The zero-order valence-electron chi connectivity index (χ0n) is 14.0. The van der Waals surface area contributed by atoms with E-state index in [1.54, 1.807) is 13.3 Å². The highest BCUT2D eigenvalue weighted by Crippen LogP contribution is 2.26. The van der Waals surface area contributed by atoms with Gasteiger partial charge in [0.05, 0.1) is 24.6 Å². The van der Waals surface area contributed by atoms with Gasteiger partial charge in [-0.25, -0.2) is 0 Å². The quantitative estimate of drug-likeness (QED) is 0.769. The molecule has 4 rings (SSSR count). The van der Waals surface area contributed by atoms with Crippen LogP contribution in [0.1, 0.15) is 36.9 Å². The van der Waals surface area contributed by atoms with Crippen LogP contribution >= 0.6 is 0 Å². The van der Waals surface area contributed by atoms with Crippen LogP contribution < -0.4 is 10.2 Å². The first-order chi connectivity index (χ1) is 12.1. The fraction of sp³-hybridized carbons (Fsp3) is 0.667. The van der Waals surface area contributed by atoms with Crippen molar-refractivity contribution in [1.82, 2.24) is 30.3 Å². The van der Waals surface area contributed by atoms with Gasteiger partial charge in [0.2, 0.25) is 11.8 Å². The van der Waals surface area contributed by atoms with Crippen molar-refractivity contribution in [3.63, 3.8) is 0 Å². The predicted octanol–water partition coefficient (Wildman–Crippen LogP) is -0.397. The summed E-state index contributed by atoms with van der Waals surface area (Å²) in [4.78, 5) is 14.5. The molecule has 3 atom stereocenters. The number of aliphatic hydroxyl groups is 1. The van der Waals surface area contributed by atoms with Gasteiger partial charge >= 0.3 is 6.01 Å². The van der Waals surface area contributed by atoms with Crippen molar-refractivity contribution in [3.8, 4) is 0 Å². The Hall–Kier alpha value is -2.49. The first kappa shape index (κ1) is 16.0. The number of carbonyl (C=O) groups excluding carboxylic acids is 1. The van der Waals surface area contributed by atoms with Crippen LogP contribution in [0.25, 0.3) is 0 Å². The summed E-state index contributed by atoms with van der Waals surface area (Å²) in [5.41, 5.74) is 0. The normalized spacial score (nSPS) is 26.3. The molecule has 10 nitrogen and oxygen atoms in total. The third kappa shape index (κ3) is 3.09. The molecule has 10 heteroatoms. The van der Waals surface area contributed by atoms with Crippen LogP contribution in [0.5, 0.6) is 0 Å². The van der Waals surface area contributed by atoms with Crippen LogP contribution in [0.3, 0.4) is 0 Å². The maximum Gasteiger partial charge on any atom is 0.318 e. The highest BCUT2D eigenvalue weighted by atomic mass is 16.4. The summed E-state index contributed by atoms with van der Waals surface area (Å²) >= 11 is 0. The number of aromatic nitrogens is 5. The minimum absolute atomic E-state index is 0.0971. The number of amides is 1. The molecule has 0 aromatic carbocycles. The zero-order valence-corrected chi connectivity index (χ0v) is 14.0. The number of β-amino-alcohol motifs (C(OH)–C–C–N with tert-alkyl or cyclic N) is 1. The van der Waals surface area contributed by atoms with Gasteiger partial charge < -0.3 is 24.3 Å². The summed E-state index contributed by atoms with van der Waals surface area (Å²) in [5, 5.41) is 29.2. The van der Waals surface area contributed by atoms with Gasteiger partial charge in [0, 0.05) is 20.0 Å². The molecule has 0 saturated carbocycles. The van der Waals surface area contributed by atoms with Crippen LogP contribution in [-0.4, -0.2) is 61.2 Å². The van der Waals surface area contributed by atoms with Crippen LogP contribution in [0, 0.1) is 6.92 Å². The minimum Gasteiger partial charge on any atom is -0.408 e. The summed E-state index contributed by atoms with van der Waals surface area (Å²) in [6.07, 6.45) is 3.23. The Morgan fingerprint density at radius 2 is 2.20 bits per heavy atom. The molecule has 1 amide bonds. The van der Waals surface area contributed by atoms with E-state index in [9.17, 15) is 9.90 Å². The number of aryl methyl sites for hydroxylation is 2. The third-order valence-electron chi connectivity index (χ3n) is 4.86. The Morgan fingerprint density at radius 3 is 2.96 bits per heavy atom. The van der Waals surface area contributed by atoms with E-state index in [1.807, 2.05) is 9.47 Å². The number of aliphatic hydroxyl groups excluding tert-OH is 1. The Kier molecular flexibility index (Phi) is 4.12. The monoisotopic (exact) mass is 347 g/mol. The number of hydrogen-bond donors (Lipinski definition) is 2. The van der Waals surface area contributed by atoms with Crippen LogP contribution in [0.2, 0.25) is 0 Å². The van der Waals surface area contributed by atoms with E-state index in [0.717, 1.165) is 19.4 Å². The van der Waals surface area contributed by atoms with E-state index in [2.05, 4.69) is 25.7 Å². The van der Waals surface area contributed by atoms with E-state index < -0.39 is 6.10 Å². The van der Waals surface area contributed by atoms with E-state index >= 15 is 0 Å². The number of fused-ring (bicyclic) bond motifs is 1. The summed E-state index contributed by atoms with van der Waals surface area (Å²) in [7, 11) is 0. The number of rotatable bonds is 3. The summed E-state index contributed by atoms with van der Waals surface area (Å²) in [5.74, 6) is 0.790. The van der Waals surface area contributed by atoms with E-state index in [0.29, 0.717) is 37.2 Å². The van der Waals surface area contributed by atoms with Crippen molar-refractivity contribution in [2.24, 2.45) is 0 Å². The topological polar surface area (TPSA) is 122 Å². The number of piperidine rings is 1. The molecule has 2 aliphatic heterocycles. The molecule has 1 fully saturated rings. The number of hydrogen-bond acceptors (Lipinski definition) is 8. The Morgan fingerprint density at radius 1 is 1.32 bits per heavy atom. The first-order valence-electron chi connectivity index (χ1n) is 8.53. The molecule has 0 aliphatic carbocycles. The highest BCUT2D eigenvalue weighted by molar-refractivity contribution is 5.83. The Labute approximate surface area is 144 Å².